The van der Waals surface area contributed by atoms with Crippen LogP contribution in [-0.4, -0.2) is 17.9 Å². The summed E-state index contributed by atoms with van der Waals surface area (Å²) in [6.45, 7) is 7.37. The molecule has 126 valence electrons. The van der Waals surface area contributed by atoms with Gasteiger partial charge in [-0.05, 0) is 62.6 Å². The van der Waals surface area contributed by atoms with Crippen LogP contribution in [0.15, 0.2) is 36.4 Å². The third kappa shape index (κ3) is 3.74. The SMILES string of the molecule is Cc1cccc(OC(C)C(=O)Nc2cccc(C(N)=O)c2C)c1C. The fourth-order valence-corrected chi connectivity index (χ4v) is 2.37. The molecule has 1 atom stereocenters. The molecule has 5 heteroatoms. The molecule has 0 radical (unpaired) electrons. The van der Waals surface area contributed by atoms with Crippen molar-refractivity contribution in [2.75, 3.05) is 5.32 Å². The summed E-state index contributed by atoms with van der Waals surface area (Å²) in [6.07, 6.45) is -0.679. The molecule has 2 rings (SSSR count). The molecule has 0 fully saturated rings. The average molecular weight is 326 g/mol. The molecule has 0 heterocycles. The quantitative estimate of drug-likeness (QED) is 0.886. The molecule has 0 aliphatic rings. The van der Waals surface area contributed by atoms with E-state index in [0.717, 1.165) is 11.1 Å². The molecule has 0 bridgehead atoms. The van der Waals surface area contributed by atoms with Gasteiger partial charge in [-0.3, -0.25) is 9.59 Å². The molecule has 2 aromatic rings. The molecule has 24 heavy (non-hydrogen) atoms. The van der Waals surface area contributed by atoms with Crippen LogP contribution in [0.3, 0.4) is 0 Å². The molecule has 2 amide bonds. The normalized spacial score (nSPS) is 11.7. The van der Waals surface area contributed by atoms with Gasteiger partial charge in [-0.25, -0.2) is 0 Å². The maximum absolute atomic E-state index is 12.4. The smallest absolute Gasteiger partial charge is 0.265 e. The topological polar surface area (TPSA) is 81.4 Å². The molecule has 1 unspecified atom stereocenters. The summed E-state index contributed by atoms with van der Waals surface area (Å²) in [7, 11) is 0. The summed E-state index contributed by atoms with van der Waals surface area (Å²) in [4.78, 5) is 23.8. The van der Waals surface area contributed by atoms with Crippen molar-refractivity contribution in [1.82, 2.24) is 0 Å². The maximum Gasteiger partial charge on any atom is 0.265 e. The van der Waals surface area contributed by atoms with Crippen LogP contribution in [0.5, 0.6) is 5.75 Å². The second kappa shape index (κ2) is 7.17. The molecule has 0 aliphatic heterocycles. The summed E-state index contributed by atoms with van der Waals surface area (Å²) >= 11 is 0. The van der Waals surface area contributed by atoms with Crippen molar-refractivity contribution in [2.45, 2.75) is 33.8 Å². The van der Waals surface area contributed by atoms with Gasteiger partial charge in [-0.15, -0.1) is 0 Å². The number of nitrogens with two attached hydrogens (primary N) is 1. The Morgan fingerprint density at radius 2 is 1.71 bits per heavy atom. The van der Waals surface area contributed by atoms with Crippen LogP contribution >= 0.6 is 0 Å². The van der Waals surface area contributed by atoms with E-state index < -0.39 is 12.0 Å². The molecule has 0 spiro atoms. The predicted octanol–water partition coefficient (Wildman–Crippen LogP) is 3.12. The molecule has 0 saturated carbocycles. The Balaban J connectivity index is 2.14. The predicted molar refractivity (Wildman–Crippen MR) is 94.3 cm³/mol. The lowest BCUT2D eigenvalue weighted by molar-refractivity contribution is -0.122. The monoisotopic (exact) mass is 326 g/mol. The van der Waals surface area contributed by atoms with E-state index in [1.807, 2.05) is 32.0 Å². The molecule has 2 aromatic carbocycles. The Morgan fingerprint density at radius 1 is 1.04 bits per heavy atom. The fourth-order valence-electron chi connectivity index (χ4n) is 2.37. The highest BCUT2D eigenvalue weighted by atomic mass is 16.5. The lowest BCUT2D eigenvalue weighted by atomic mass is 10.1. The van der Waals surface area contributed by atoms with E-state index in [1.165, 1.54) is 0 Å². The largest absolute Gasteiger partial charge is 0.481 e. The summed E-state index contributed by atoms with van der Waals surface area (Å²) in [5.41, 5.74) is 9.01. The van der Waals surface area contributed by atoms with Crippen LogP contribution < -0.4 is 15.8 Å². The van der Waals surface area contributed by atoms with E-state index in [2.05, 4.69) is 5.32 Å². The number of benzene rings is 2. The van der Waals surface area contributed by atoms with Gasteiger partial charge >= 0.3 is 0 Å². The van der Waals surface area contributed by atoms with Gasteiger partial charge in [-0.2, -0.15) is 0 Å². The van der Waals surface area contributed by atoms with E-state index in [0.29, 0.717) is 22.6 Å². The minimum atomic E-state index is -0.679. The number of hydrogen-bond acceptors (Lipinski definition) is 3. The van der Waals surface area contributed by atoms with Crippen molar-refractivity contribution < 1.29 is 14.3 Å². The van der Waals surface area contributed by atoms with Gasteiger partial charge in [0.05, 0.1) is 0 Å². The van der Waals surface area contributed by atoms with Crippen LogP contribution in [-0.2, 0) is 4.79 Å². The Hall–Kier alpha value is -2.82. The van der Waals surface area contributed by atoms with E-state index in [9.17, 15) is 9.59 Å². The second-order valence-corrected chi connectivity index (χ2v) is 5.79. The van der Waals surface area contributed by atoms with Gasteiger partial charge in [-0.1, -0.05) is 18.2 Å². The van der Waals surface area contributed by atoms with Gasteiger partial charge in [0, 0.05) is 11.3 Å². The lowest BCUT2D eigenvalue weighted by Gasteiger charge is -2.18. The van der Waals surface area contributed by atoms with Crippen molar-refractivity contribution >= 4 is 17.5 Å². The maximum atomic E-state index is 12.4. The first-order chi connectivity index (χ1) is 11.3. The summed E-state index contributed by atoms with van der Waals surface area (Å²) in [5, 5.41) is 2.79. The molecule has 3 N–H and O–H groups in total. The van der Waals surface area contributed by atoms with Gasteiger partial charge in [0.25, 0.3) is 5.91 Å². The van der Waals surface area contributed by atoms with E-state index in [1.54, 1.807) is 32.0 Å². The number of primary amides is 1. The summed E-state index contributed by atoms with van der Waals surface area (Å²) < 4.78 is 5.77. The molecular formula is C19H22N2O3. The van der Waals surface area contributed by atoms with E-state index >= 15 is 0 Å². The standard InChI is InChI=1S/C19H22N2O3/c1-11-7-5-10-17(12(11)2)24-14(4)19(23)21-16-9-6-8-15(13(16)3)18(20)22/h5-10,14H,1-4H3,(H2,20,22)(H,21,23). The van der Waals surface area contributed by atoms with Crippen LogP contribution in [0.2, 0.25) is 0 Å². The number of nitrogens with one attached hydrogen (secondary N) is 1. The third-order valence-corrected chi connectivity index (χ3v) is 4.09. The zero-order valence-electron chi connectivity index (χ0n) is 14.3. The molecule has 0 aliphatic carbocycles. The third-order valence-electron chi connectivity index (χ3n) is 4.09. The number of ether oxygens (including phenoxy) is 1. The summed E-state index contributed by atoms with van der Waals surface area (Å²) in [6, 6.07) is 10.8. The molecule has 0 saturated heterocycles. The van der Waals surface area contributed by atoms with Crippen LogP contribution in [0.1, 0.15) is 34.0 Å². The Bertz CT molecular complexity index is 784. The number of carbonyl (C=O) groups is 2. The van der Waals surface area contributed by atoms with Crippen molar-refractivity contribution in [2.24, 2.45) is 5.73 Å². The summed E-state index contributed by atoms with van der Waals surface area (Å²) in [5.74, 6) is -0.135. The number of aryl methyl sites for hydroxylation is 1. The minimum Gasteiger partial charge on any atom is -0.481 e. The second-order valence-electron chi connectivity index (χ2n) is 5.79. The van der Waals surface area contributed by atoms with E-state index in [4.69, 9.17) is 10.5 Å². The highest BCUT2D eigenvalue weighted by Gasteiger charge is 2.18. The average Bonchev–Trinajstić information content (AvgIpc) is 2.53. The lowest BCUT2D eigenvalue weighted by Crippen LogP contribution is -2.31. The number of rotatable bonds is 5. The number of hydrogen-bond donors (Lipinski definition) is 2. The highest BCUT2D eigenvalue weighted by molar-refractivity contribution is 5.99. The molecular weight excluding hydrogens is 304 g/mol. The minimum absolute atomic E-state index is 0.291. The van der Waals surface area contributed by atoms with Crippen molar-refractivity contribution in [3.05, 3.63) is 58.7 Å². The highest BCUT2D eigenvalue weighted by Crippen LogP contribution is 2.23. The van der Waals surface area contributed by atoms with Crippen LogP contribution in [0, 0.1) is 20.8 Å². The Morgan fingerprint density at radius 3 is 2.38 bits per heavy atom. The zero-order chi connectivity index (χ0) is 17.9. The molecule has 0 aromatic heterocycles. The van der Waals surface area contributed by atoms with Gasteiger partial charge in [0.15, 0.2) is 6.10 Å². The van der Waals surface area contributed by atoms with Crippen molar-refractivity contribution in [3.8, 4) is 5.75 Å². The number of anilines is 1. The Kier molecular flexibility index (Phi) is 5.24. The van der Waals surface area contributed by atoms with Gasteiger partial charge < -0.3 is 15.8 Å². The molecule has 5 nitrogen and oxygen atoms in total. The number of carbonyl (C=O) groups excluding carboxylic acids is 2. The first-order valence-corrected chi connectivity index (χ1v) is 7.74. The first-order valence-electron chi connectivity index (χ1n) is 7.74. The van der Waals surface area contributed by atoms with Crippen LogP contribution in [0.4, 0.5) is 5.69 Å². The van der Waals surface area contributed by atoms with Crippen LogP contribution in [0.25, 0.3) is 0 Å². The van der Waals surface area contributed by atoms with Gasteiger partial charge in [0.1, 0.15) is 5.75 Å². The van der Waals surface area contributed by atoms with Crippen molar-refractivity contribution in [1.29, 1.82) is 0 Å². The Labute approximate surface area is 141 Å². The van der Waals surface area contributed by atoms with E-state index in [-0.39, 0.29) is 5.91 Å². The fraction of sp³-hybridized carbons (Fsp3) is 0.263. The van der Waals surface area contributed by atoms with Gasteiger partial charge in [0.2, 0.25) is 5.91 Å². The number of amides is 2. The first kappa shape index (κ1) is 17.5. The zero-order valence-corrected chi connectivity index (χ0v) is 14.3. The van der Waals surface area contributed by atoms with Crippen molar-refractivity contribution in [3.63, 3.8) is 0 Å².